The minimum Gasteiger partial charge on any atom is -0.247 e. The van der Waals surface area contributed by atoms with Crippen LogP contribution in [0, 0.1) is 11.6 Å². The second kappa shape index (κ2) is 9.95. The van der Waals surface area contributed by atoms with Crippen LogP contribution in [0.25, 0.3) is 17.2 Å². The van der Waals surface area contributed by atoms with Gasteiger partial charge in [-0.25, -0.2) is 13.2 Å². The van der Waals surface area contributed by atoms with Crippen LogP contribution in [-0.4, -0.2) is 6.17 Å². The molecule has 0 nitrogen and oxygen atoms in total. The lowest BCUT2D eigenvalue weighted by atomic mass is 9.83. The highest BCUT2D eigenvalue weighted by Crippen LogP contribution is 2.35. The van der Waals surface area contributed by atoms with Crippen LogP contribution in [0.15, 0.2) is 42.5 Å². The molecular weight excluding hydrogens is 357 g/mol. The molecule has 1 fully saturated rings. The number of hydrogen-bond donors (Lipinski definition) is 0. The Morgan fingerprint density at radius 3 is 2.29 bits per heavy atom. The highest BCUT2D eigenvalue weighted by atomic mass is 19.2. The fourth-order valence-electron chi connectivity index (χ4n) is 3.96. The molecule has 0 atom stereocenters. The van der Waals surface area contributed by atoms with Gasteiger partial charge in [0.05, 0.1) is 0 Å². The summed E-state index contributed by atoms with van der Waals surface area (Å²) in [6.07, 6.45) is 10.1. The number of rotatable bonds is 7. The lowest BCUT2D eigenvalue weighted by Gasteiger charge is -2.24. The minimum absolute atomic E-state index is 0.277. The van der Waals surface area contributed by atoms with E-state index in [1.54, 1.807) is 18.2 Å². The molecule has 1 saturated carbocycles. The Bertz CT molecular complexity index is 784. The number of benzene rings is 2. The Labute approximate surface area is 166 Å². The molecule has 28 heavy (non-hydrogen) atoms. The number of allylic oxidation sites excluding steroid dienone is 1. The summed E-state index contributed by atoms with van der Waals surface area (Å²) in [7, 11) is 0. The molecule has 0 aliphatic heterocycles. The zero-order valence-electron chi connectivity index (χ0n) is 16.6. The zero-order valence-corrected chi connectivity index (χ0v) is 16.6. The first-order valence-electron chi connectivity index (χ1n) is 10.5. The lowest BCUT2D eigenvalue weighted by Crippen LogP contribution is -2.13. The van der Waals surface area contributed by atoms with E-state index in [1.165, 1.54) is 0 Å². The van der Waals surface area contributed by atoms with Crippen LogP contribution in [0.5, 0.6) is 0 Å². The van der Waals surface area contributed by atoms with Gasteiger partial charge in [-0.1, -0.05) is 68.3 Å². The van der Waals surface area contributed by atoms with Crippen LogP contribution in [-0.2, 0) is 0 Å². The van der Waals surface area contributed by atoms with Gasteiger partial charge in [0.15, 0.2) is 11.6 Å². The van der Waals surface area contributed by atoms with E-state index in [4.69, 9.17) is 0 Å². The summed E-state index contributed by atoms with van der Waals surface area (Å²) in [4.78, 5) is 0. The van der Waals surface area contributed by atoms with Crippen molar-refractivity contribution in [3.05, 3.63) is 65.2 Å². The third-order valence-electron chi connectivity index (χ3n) is 5.73. The van der Waals surface area contributed by atoms with Gasteiger partial charge in [0, 0.05) is 11.1 Å². The van der Waals surface area contributed by atoms with Crippen LogP contribution in [0.3, 0.4) is 0 Å². The topological polar surface area (TPSA) is 0 Å². The van der Waals surface area contributed by atoms with Gasteiger partial charge in [-0.15, -0.1) is 0 Å². The van der Waals surface area contributed by atoms with Crippen LogP contribution in [0.1, 0.15) is 75.3 Å². The lowest BCUT2D eigenvalue weighted by molar-refractivity contribution is 0.235. The molecule has 0 amide bonds. The van der Waals surface area contributed by atoms with Gasteiger partial charge < -0.3 is 0 Å². The van der Waals surface area contributed by atoms with Crippen molar-refractivity contribution in [1.29, 1.82) is 0 Å². The van der Waals surface area contributed by atoms with Crippen molar-refractivity contribution in [2.75, 3.05) is 0 Å². The van der Waals surface area contributed by atoms with Crippen LogP contribution in [0.4, 0.5) is 13.2 Å². The molecule has 1 aliphatic rings. The van der Waals surface area contributed by atoms with Gasteiger partial charge in [0.25, 0.3) is 0 Å². The highest BCUT2D eigenvalue weighted by Gasteiger charge is 2.22. The molecule has 0 bridgehead atoms. The minimum atomic E-state index is -0.804. The fourth-order valence-corrected chi connectivity index (χ4v) is 3.96. The normalized spacial score (nSPS) is 20.0. The van der Waals surface area contributed by atoms with Crippen molar-refractivity contribution in [3.63, 3.8) is 0 Å². The van der Waals surface area contributed by atoms with Gasteiger partial charge >= 0.3 is 0 Å². The summed E-state index contributed by atoms with van der Waals surface area (Å²) in [5.74, 6) is -1.24. The standard InChI is InChI=1S/C25H29F3/c1-2-3-4-5-6-7-21-14-17-23(25(28)24(21)27)20-10-8-18(9-11-20)19-12-15-22(26)16-13-19/h6-11,14,17,19,22H,2-5,12-13,15-16H2,1H3/b7-6+. The Morgan fingerprint density at radius 1 is 0.893 bits per heavy atom. The van der Waals surface area contributed by atoms with Crippen LogP contribution < -0.4 is 0 Å². The van der Waals surface area contributed by atoms with Gasteiger partial charge in [-0.05, 0) is 55.6 Å². The maximum atomic E-state index is 14.6. The SMILES string of the molecule is CCCCC/C=C/c1ccc(-c2ccc(C3CCC(F)CC3)cc2)c(F)c1F. The van der Waals surface area contributed by atoms with Crippen LogP contribution in [0.2, 0.25) is 0 Å². The van der Waals surface area contributed by atoms with E-state index in [0.29, 0.717) is 24.3 Å². The molecule has 1 aliphatic carbocycles. The van der Waals surface area contributed by atoms with Gasteiger partial charge in [0.2, 0.25) is 0 Å². The predicted molar refractivity (Wildman–Crippen MR) is 111 cm³/mol. The van der Waals surface area contributed by atoms with E-state index in [-0.39, 0.29) is 11.1 Å². The van der Waals surface area contributed by atoms with E-state index in [9.17, 15) is 13.2 Å². The quantitative estimate of drug-likeness (QED) is 0.420. The first-order valence-corrected chi connectivity index (χ1v) is 10.5. The summed E-state index contributed by atoms with van der Waals surface area (Å²) in [5, 5.41) is 0. The number of hydrogen-bond acceptors (Lipinski definition) is 0. The van der Waals surface area contributed by atoms with Gasteiger partial charge in [-0.2, -0.15) is 0 Å². The molecule has 150 valence electrons. The smallest absolute Gasteiger partial charge is 0.167 e. The Hall–Kier alpha value is -2.03. The van der Waals surface area contributed by atoms with Gasteiger partial charge in [0.1, 0.15) is 6.17 Å². The summed E-state index contributed by atoms with van der Waals surface area (Å²) in [6, 6.07) is 10.9. The first kappa shape index (κ1) is 20.7. The molecule has 3 heteroatoms. The molecular formula is C25H29F3. The average Bonchev–Trinajstić information content (AvgIpc) is 2.72. The maximum absolute atomic E-state index is 14.6. The Balaban J connectivity index is 1.72. The maximum Gasteiger partial charge on any atom is 0.167 e. The Morgan fingerprint density at radius 2 is 1.61 bits per heavy atom. The summed E-state index contributed by atoms with van der Waals surface area (Å²) >= 11 is 0. The van der Waals surface area contributed by atoms with Crippen LogP contribution >= 0.6 is 0 Å². The number of unbranched alkanes of at least 4 members (excludes halogenated alkanes) is 3. The monoisotopic (exact) mass is 386 g/mol. The van der Waals surface area contributed by atoms with Crippen molar-refractivity contribution in [2.45, 2.75) is 70.4 Å². The molecule has 3 rings (SSSR count). The van der Waals surface area contributed by atoms with Crippen molar-refractivity contribution in [2.24, 2.45) is 0 Å². The van der Waals surface area contributed by atoms with E-state index >= 15 is 0 Å². The molecule has 0 N–H and O–H groups in total. The fraction of sp³-hybridized carbons (Fsp3) is 0.440. The Kier molecular flexibility index (Phi) is 7.36. The third-order valence-corrected chi connectivity index (χ3v) is 5.73. The largest absolute Gasteiger partial charge is 0.247 e. The third kappa shape index (κ3) is 5.06. The molecule has 0 spiro atoms. The molecule has 0 aromatic heterocycles. The van der Waals surface area contributed by atoms with E-state index in [2.05, 4.69) is 6.92 Å². The van der Waals surface area contributed by atoms with Gasteiger partial charge in [-0.3, -0.25) is 0 Å². The molecule has 0 radical (unpaired) electrons. The summed E-state index contributed by atoms with van der Waals surface area (Å²) < 4.78 is 42.4. The molecule has 0 heterocycles. The van der Waals surface area contributed by atoms with E-state index in [0.717, 1.165) is 44.1 Å². The summed E-state index contributed by atoms with van der Waals surface area (Å²) in [5.41, 5.74) is 2.39. The van der Waals surface area contributed by atoms with Crippen molar-refractivity contribution in [3.8, 4) is 11.1 Å². The summed E-state index contributed by atoms with van der Waals surface area (Å²) in [6.45, 7) is 2.14. The predicted octanol–water partition coefficient (Wildman–Crippen LogP) is 8.22. The van der Waals surface area contributed by atoms with E-state index < -0.39 is 17.8 Å². The van der Waals surface area contributed by atoms with Crippen molar-refractivity contribution in [1.82, 2.24) is 0 Å². The molecule has 2 aromatic carbocycles. The second-order valence-electron chi connectivity index (χ2n) is 7.80. The highest BCUT2D eigenvalue weighted by molar-refractivity contribution is 5.67. The average molecular weight is 387 g/mol. The molecule has 0 unspecified atom stereocenters. The van der Waals surface area contributed by atoms with E-state index in [1.807, 2.05) is 30.3 Å². The van der Waals surface area contributed by atoms with Crippen molar-refractivity contribution < 1.29 is 13.2 Å². The number of halogens is 3. The zero-order chi connectivity index (χ0) is 19.9. The first-order chi connectivity index (χ1) is 13.6. The second-order valence-corrected chi connectivity index (χ2v) is 7.80. The van der Waals surface area contributed by atoms with Crippen molar-refractivity contribution >= 4 is 6.08 Å². The number of alkyl halides is 1. The molecule has 0 saturated heterocycles. The molecule has 2 aromatic rings.